The van der Waals surface area contributed by atoms with Crippen molar-refractivity contribution in [3.63, 3.8) is 0 Å². The van der Waals surface area contributed by atoms with E-state index in [9.17, 15) is 13.2 Å². The zero-order valence-corrected chi connectivity index (χ0v) is 20.2. The summed E-state index contributed by atoms with van der Waals surface area (Å²) in [6.07, 6.45) is 3.40. The summed E-state index contributed by atoms with van der Waals surface area (Å²) in [4.78, 5) is 20.0. The average Bonchev–Trinajstić information content (AvgIpc) is 3.41. The number of carbonyl (C=O) groups is 1. The number of carbonyl (C=O) groups excluding carboxylic acids is 1. The minimum absolute atomic E-state index is 0.0326. The van der Waals surface area contributed by atoms with E-state index in [2.05, 4.69) is 9.71 Å². The number of ether oxygens (including phenoxy) is 1. The van der Waals surface area contributed by atoms with E-state index >= 15 is 0 Å². The number of benzene rings is 1. The predicted octanol–water partition coefficient (Wildman–Crippen LogP) is 3.30. The van der Waals surface area contributed by atoms with Crippen molar-refractivity contribution < 1.29 is 17.9 Å². The summed E-state index contributed by atoms with van der Waals surface area (Å²) in [5, 5.41) is 2.57. The van der Waals surface area contributed by atoms with Crippen molar-refractivity contribution in [2.75, 3.05) is 37.3 Å². The number of thioether (sulfide) groups is 1. The number of para-hydroxylation sites is 1. The molecule has 1 aliphatic heterocycles. The van der Waals surface area contributed by atoms with Crippen molar-refractivity contribution >= 4 is 44.7 Å². The van der Waals surface area contributed by atoms with Crippen LogP contribution in [-0.2, 0) is 26.1 Å². The van der Waals surface area contributed by atoms with Gasteiger partial charge in [0.05, 0.1) is 24.6 Å². The number of amides is 1. The van der Waals surface area contributed by atoms with E-state index in [4.69, 9.17) is 4.74 Å². The predicted molar refractivity (Wildman–Crippen MR) is 127 cm³/mol. The Hall–Kier alpha value is -2.34. The fourth-order valence-corrected chi connectivity index (χ4v) is 5.97. The van der Waals surface area contributed by atoms with E-state index in [1.165, 1.54) is 29.3 Å². The van der Waals surface area contributed by atoms with Gasteiger partial charge < -0.3 is 14.2 Å². The van der Waals surface area contributed by atoms with Crippen LogP contribution in [0.1, 0.15) is 5.69 Å². The summed E-state index contributed by atoms with van der Waals surface area (Å²) in [5.74, 6) is -0.0805. The molecule has 1 amide bonds. The fourth-order valence-electron chi connectivity index (χ4n) is 3.40. The molecule has 3 heterocycles. The van der Waals surface area contributed by atoms with Crippen LogP contribution in [0.5, 0.6) is 0 Å². The van der Waals surface area contributed by atoms with Crippen LogP contribution in [0.15, 0.2) is 51.7 Å². The largest absolute Gasteiger partial charge is 0.378 e. The van der Waals surface area contributed by atoms with Crippen LogP contribution in [0.2, 0.25) is 0 Å². The number of hydrogen-bond acceptors (Lipinski definition) is 7. The number of anilines is 1. The molecule has 0 spiro atoms. The second kappa shape index (κ2) is 9.65. The highest BCUT2D eigenvalue weighted by molar-refractivity contribution is 7.99. The SMILES string of the molecule is CSc1ccccc1NS(=O)(=O)c1cc(-c2nc(C)cs2)n(CC(=O)N2CCOCC2)c1. The molecular weight excluding hydrogens is 468 g/mol. The number of rotatable bonds is 7. The molecule has 0 bridgehead atoms. The summed E-state index contributed by atoms with van der Waals surface area (Å²) < 4.78 is 36.1. The normalized spacial score (nSPS) is 14.5. The molecule has 170 valence electrons. The van der Waals surface area contributed by atoms with Crippen LogP contribution in [-0.4, -0.2) is 61.3 Å². The fraction of sp³-hybridized carbons (Fsp3) is 0.333. The molecule has 0 saturated carbocycles. The number of morpholine rings is 1. The van der Waals surface area contributed by atoms with Gasteiger partial charge in [0.25, 0.3) is 10.0 Å². The minimum Gasteiger partial charge on any atom is -0.378 e. The lowest BCUT2D eigenvalue weighted by Crippen LogP contribution is -2.42. The first-order chi connectivity index (χ1) is 15.4. The van der Waals surface area contributed by atoms with Gasteiger partial charge >= 0.3 is 0 Å². The van der Waals surface area contributed by atoms with Gasteiger partial charge in [-0.1, -0.05) is 12.1 Å². The number of nitrogens with one attached hydrogen (secondary N) is 1. The Bertz CT molecular complexity index is 1210. The highest BCUT2D eigenvalue weighted by atomic mass is 32.2. The Morgan fingerprint density at radius 1 is 1.28 bits per heavy atom. The van der Waals surface area contributed by atoms with Gasteiger partial charge in [0.15, 0.2) is 0 Å². The van der Waals surface area contributed by atoms with E-state index in [0.717, 1.165) is 10.6 Å². The molecule has 4 rings (SSSR count). The molecule has 3 aromatic rings. The zero-order valence-electron chi connectivity index (χ0n) is 17.8. The summed E-state index contributed by atoms with van der Waals surface area (Å²) in [6, 6.07) is 8.81. The molecule has 1 aliphatic rings. The second-order valence-corrected chi connectivity index (χ2v) is 10.7. The van der Waals surface area contributed by atoms with Crippen molar-refractivity contribution in [1.82, 2.24) is 14.5 Å². The third-order valence-corrected chi connectivity index (χ3v) is 8.15. The smallest absolute Gasteiger partial charge is 0.263 e. The van der Waals surface area contributed by atoms with Crippen LogP contribution in [0.25, 0.3) is 10.7 Å². The molecule has 0 atom stereocenters. The molecule has 0 radical (unpaired) electrons. The van der Waals surface area contributed by atoms with Crippen LogP contribution in [0.4, 0.5) is 5.69 Å². The van der Waals surface area contributed by atoms with Gasteiger partial charge in [0.2, 0.25) is 5.91 Å². The Morgan fingerprint density at radius 3 is 2.72 bits per heavy atom. The average molecular weight is 493 g/mol. The highest BCUT2D eigenvalue weighted by Gasteiger charge is 2.24. The van der Waals surface area contributed by atoms with Gasteiger partial charge in [0, 0.05) is 35.3 Å². The standard InChI is InChI=1S/C21H24N4O4S3/c1-15-14-31-21(22-15)18-11-16(12-25(18)13-20(26)24-7-9-29-10-8-24)32(27,28)23-17-5-3-4-6-19(17)30-2/h3-6,11-12,14,23H,7-10,13H2,1-2H3. The zero-order chi connectivity index (χ0) is 22.7. The topological polar surface area (TPSA) is 93.5 Å². The molecule has 0 unspecified atom stereocenters. The first-order valence-corrected chi connectivity index (χ1v) is 13.6. The molecule has 1 N–H and O–H groups in total. The van der Waals surface area contributed by atoms with Gasteiger partial charge in [-0.25, -0.2) is 13.4 Å². The molecule has 1 aromatic carbocycles. The molecule has 1 fully saturated rings. The van der Waals surface area contributed by atoms with Gasteiger partial charge in [-0.3, -0.25) is 9.52 Å². The molecule has 0 aliphatic carbocycles. The number of thiazole rings is 1. The maximum atomic E-state index is 13.2. The number of aryl methyl sites for hydroxylation is 1. The van der Waals surface area contributed by atoms with Crippen molar-refractivity contribution in [3.05, 3.63) is 47.6 Å². The molecule has 11 heteroatoms. The first-order valence-electron chi connectivity index (χ1n) is 10.0. The van der Waals surface area contributed by atoms with E-state index in [-0.39, 0.29) is 17.3 Å². The van der Waals surface area contributed by atoms with E-state index in [1.807, 2.05) is 30.7 Å². The van der Waals surface area contributed by atoms with E-state index < -0.39 is 10.0 Å². The number of aromatic nitrogens is 2. The maximum absolute atomic E-state index is 13.2. The van der Waals surface area contributed by atoms with E-state index in [0.29, 0.717) is 42.7 Å². The lowest BCUT2D eigenvalue weighted by atomic mass is 10.3. The Labute approximate surface area is 195 Å². The molecule has 32 heavy (non-hydrogen) atoms. The monoisotopic (exact) mass is 492 g/mol. The maximum Gasteiger partial charge on any atom is 0.263 e. The Balaban J connectivity index is 1.67. The highest BCUT2D eigenvalue weighted by Crippen LogP contribution is 2.31. The summed E-state index contributed by atoms with van der Waals surface area (Å²) in [5.41, 5.74) is 1.96. The number of hydrogen-bond donors (Lipinski definition) is 1. The first kappa shape index (κ1) is 22.8. The van der Waals surface area contributed by atoms with Crippen LogP contribution < -0.4 is 4.72 Å². The van der Waals surface area contributed by atoms with Crippen LogP contribution in [0.3, 0.4) is 0 Å². The lowest BCUT2D eigenvalue weighted by molar-refractivity contribution is -0.135. The van der Waals surface area contributed by atoms with Crippen molar-refractivity contribution in [1.29, 1.82) is 0 Å². The van der Waals surface area contributed by atoms with Gasteiger partial charge in [0.1, 0.15) is 16.4 Å². The third-order valence-electron chi connectivity index (χ3n) is 5.04. The van der Waals surface area contributed by atoms with Crippen LogP contribution in [0, 0.1) is 6.92 Å². The Morgan fingerprint density at radius 2 is 2.03 bits per heavy atom. The van der Waals surface area contributed by atoms with Gasteiger partial charge in [-0.15, -0.1) is 23.1 Å². The lowest BCUT2D eigenvalue weighted by Gasteiger charge is -2.27. The summed E-state index contributed by atoms with van der Waals surface area (Å²) in [7, 11) is -3.86. The summed E-state index contributed by atoms with van der Waals surface area (Å²) >= 11 is 2.88. The van der Waals surface area contributed by atoms with Crippen molar-refractivity contribution in [2.24, 2.45) is 0 Å². The Kier molecular flexibility index (Phi) is 6.89. The molecule has 8 nitrogen and oxygen atoms in total. The van der Waals surface area contributed by atoms with Gasteiger partial charge in [-0.2, -0.15) is 0 Å². The second-order valence-electron chi connectivity index (χ2n) is 7.28. The van der Waals surface area contributed by atoms with Crippen molar-refractivity contribution in [2.45, 2.75) is 23.3 Å². The molecular formula is C21H24N4O4S3. The molecule has 2 aromatic heterocycles. The van der Waals surface area contributed by atoms with E-state index in [1.54, 1.807) is 27.7 Å². The molecule has 1 saturated heterocycles. The van der Waals surface area contributed by atoms with Crippen molar-refractivity contribution in [3.8, 4) is 10.7 Å². The number of sulfonamides is 1. The van der Waals surface area contributed by atoms with Gasteiger partial charge in [-0.05, 0) is 31.4 Å². The van der Waals surface area contributed by atoms with Crippen LogP contribution >= 0.6 is 23.1 Å². The third kappa shape index (κ3) is 5.01. The quantitative estimate of drug-likeness (QED) is 0.509. The number of nitrogens with zero attached hydrogens (tertiary/aromatic N) is 3. The minimum atomic E-state index is -3.86. The summed E-state index contributed by atoms with van der Waals surface area (Å²) in [6.45, 7) is 3.99.